The van der Waals surface area contributed by atoms with Gasteiger partial charge < -0.3 is 16.2 Å². The average Bonchev–Trinajstić information content (AvgIpc) is 2.94. The fraction of sp³-hybridized carbons (Fsp3) is 0.312. The molecule has 2 aromatic rings. The van der Waals surface area contributed by atoms with Gasteiger partial charge in [-0.15, -0.1) is 0 Å². The zero-order chi connectivity index (χ0) is 16.4. The number of aromatic nitrogens is 3. The highest BCUT2D eigenvalue weighted by Crippen LogP contribution is 2.34. The number of aliphatic hydroxyl groups excluding tert-OH is 1. The van der Waals surface area contributed by atoms with Gasteiger partial charge >= 0.3 is 0 Å². The summed E-state index contributed by atoms with van der Waals surface area (Å²) in [6.07, 6.45) is 1.17. The Balaban J connectivity index is 2.09. The van der Waals surface area contributed by atoms with Crippen LogP contribution in [0.5, 0.6) is 0 Å². The number of aliphatic hydroxyl groups is 1. The highest BCUT2D eigenvalue weighted by molar-refractivity contribution is 5.95. The first kappa shape index (κ1) is 15.2. The third-order valence-corrected chi connectivity index (χ3v) is 3.84. The summed E-state index contributed by atoms with van der Waals surface area (Å²) >= 11 is 0. The van der Waals surface area contributed by atoms with Gasteiger partial charge in [-0.05, 0) is 18.9 Å². The van der Waals surface area contributed by atoms with Crippen LogP contribution in [0.4, 0.5) is 5.95 Å². The lowest BCUT2D eigenvalue weighted by Crippen LogP contribution is -2.31. The Hall–Kier alpha value is -2.67. The molecule has 120 valence electrons. The fourth-order valence-electron chi connectivity index (χ4n) is 2.80. The van der Waals surface area contributed by atoms with Gasteiger partial charge in [0.15, 0.2) is 5.82 Å². The number of hydrogen-bond acceptors (Lipinski definition) is 5. The van der Waals surface area contributed by atoms with Crippen molar-refractivity contribution in [2.75, 3.05) is 11.9 Å². The van der Waals surface area contributed by atoms with Crippen molar-refractivity contribution < 1.29 is 9.90 Å². The van der Waals surface area contributed by atoms with E-state index in [2.05, 4.69) is 15.4 Å². The SMILES string of the molecule is CC1=C(C(N)=O)[C@H](c2ccccc2)n2nc(CCCO)nc2N1. The number of nitrogens with one attached hydrogen (secondary N) is 1. The number of carbonyl (C=O) groups excluding carboxylic acids is 1. The van der Waals surface area contributed by atoms with E-state index in [0.717, 1.165) is 5.56 Å². The first-order valence-electron chi connectivity index (χ1n) is 7.50. The second kappa shape index (κ2) is 6.21. The van der Waals surface area contributed by atoms with E-state index in [0.29, 0.717) is 35.9 Å². The Kier molecular flexibility index (Phi) is 4.12. The maximum absolute atomic E-state index is 12.0. The summed E-state index contributed by atoms with van der Waals surface area (Å²) in [5.74, 6) is 0.720. The molecule has 1 aromatic carbocycles. The van der Waals surface area contributed by atoms with Crippen LogP contribution in [0.2, 0.25) is 0 Å². The number of nitrogens with two attached hydrogens (primary N) is 1. The Morgan fingerprint density at radius 3 is 2.78 bits per heavy atom. The zero-order valence-electron chi connectivity index (χ0n) is 12.9. The predicted octanol–water partition coefficient (Wildman–Crippen LogP) is 0.977. The Morgan fingerprint density at radius 2 is 2.13 bits per heavy atom. The van der Waals surface area contributed by atoms with Crippen molar-refractivity contribution in [1.29, 1.82) is 0 Å². The standard InChI is InChI=1S/C16H19N5O2/c1-10-13(15(17)23)14(11-6-3-2-4-7-11)21-16(18-10)19-12(20-21)8-5-9-22/h2-4,6-7,14,22H,5,8-9H2,1H3,(H2,17,23)(H,18,19,20)/t14-/m0/s1. The minimum Gasteiger partial charge on any atom is -0.396 e. The number of anilines is 1. The molecule has 0 fully saturated rings. The van der Waals surface area contributed by atoms with E-state index in [9.17, 15) is 4.79 Å². The number of fused-ring (bicyclic) bond motifs is 1. The molecule has 0 saturated carbocycles. The number of benzene rings is 1. The Bertz CT molecular complexity index is 751. The molecule has 23 heavy (non-hydrogen) atoms. The normalized spacial score (nSPS) is 16.9. The maximum Gasteiger partial charge on any atom is 0.248 e. The first-order chi connectivity index (χ1) is 11.1. The smallest absolute Gasteiger partial charge is 0.248 e. The Labute approximate surface area is 133 Å². The molecule has 7 heteroatoms. The topological polar surface area (TPSA) is 106 Å². The number of allylic oxidation sites excluding steroid dienone is 1. The molecule has 1 amide bonds. The van der Waals surface area contributed by atoms with Crippen molar-refractivity contribution in [3.8, 4) is 0 Å². The minimum absolute atomic E-state index is 0.0865. The molecule has 1 aromatic heterocycles. The monoisotopic (exact) mass is 313 g/mol. The summed E-state index contributed by atoms with van der Waals surface area (Å²) in [5.41, 5.74) is 7.67. The largest absolute Gasteiger partial charge is 0.396 e. The zero-order valence-corrected chi connectivity index (χ0v) is 12.9. The molecule has 0 saturated heterocycles. The van der Waals surface area contributed by atoms with Crippen molar-refractivity contribution in [3.05, 3.63) is 53.0 Å². The fourth-order valence-corrected chi connectivity index (χ4v) is 2.80. The molecular weight excluding hydrogens is 294 g/mol. The molecule has 1 aliphatic rings. The van der Waals surface area contributed by atoms with Crippen LogP contribution in [0.15, 0.2) is 41.6 Å². The van der Waals surface area contributed by atoms with E-state index in [4.69, 9.17) is 10.8 Å². The van der Waals surface area contributed by atoms with Crippen LogP contribution >= 0.6 is 0 Å². The van der Waals surface area contributed by atoms with Gasteiger partial charge in [-0.1, -0.05) is 30.3 Å². The van der Waals surface area contributed by atoms with Crippen molar-refractivity contribution in [2.24, 2.45) is 5.73 Å². The van der Waals surface area contributed by atoms with Gasteiger partial charge in [0.1, 0.15) is 6.04 Å². The molecule has 0 spiro atoms. The number of aryl methyl sites for hydroxylation is 1. The number of amides is 1. The van der Waals surface area contributed by atoms with Gasteiger partial charge in [0.25, 0.3) is 0 Å². The van der Waals surface area contributed by atoms with E-state index < -0.39 is 11.9 Å². The molecule has 0 bridgehead atoms. The van der Waals surface area contributed by atoms with Crippen LogP contribution in [0.25, 0.3) is 0 Å². The van der Waals surface area contributed by atoms with Gasteiger partial charge in [-0.2, -0.15) is 10.1 Å². The van der Waals surface area contributed by atoms with Crippen LogP contribution in [-0.4, -0.2) is 32.4 Å². The van der Waals surface area contributed by atoms with Crippen molar-refractivity contribution in [3.63, 3.8) is 0 Å². The van der Waals surface area contributed by atoms with Crippen LogP contribution in [-0.2, 0) is 11.2 Å². The molecule has 7 nitrogen and oxygen atoms in total. The lowest BCUT2D eigenvalue weighted by atomic mass is 9.95. The predicted molar refractivity (Wildman–Crippen MR) is 85.5 cm³/mol. The van der Waals surface area contributed by atoms with E-state index in [1.165, 1.54) is 0 Å². The van der Waals surface area contributed by atoms with Crippen LogP contribution in [0.3, 0.4) is 0 Å². The van der Waals surface area contributed by atoms with Crippen LogP contribution < -0.4 is 11.1 Å². The van der Waals surface area contributed by atoms with Gasteiger partial charge in [-0.25, -0.2) is 4.68 Å². The summed E-state index contributed by atoms with van der Waals surface area (Å²) in [6, 6.07) is 9.21. The molecule has 2 heterocycles. The maximum atomic E-state index is 12.0. The average molecular weight is 313 g/mol. The molecule has 1 aliphatic heterocycles. The molecule has 3 rings (SSSR count). The van der Waals surface area contributed by atoms with Crippen molar-refractivity contribution in [1.82, 2.24) is 14.8 Å². The molecule has 4 N–H and O–H groups in total. The van der Waals surface area contributed by atoms with E-state index in [1.807, 2.05) is 37.3 Å². The summed E-state index contributed by atoms with van der Waals surface area (Å²) in [6.45, 7) is 1.89. The van der Waals surface area contributed by atoms with E-state index in [-0.39, 0.29) is 6.61 Å². The molecule has 0 radical (unpaired) electrons. The highest BCUT2D eigenvalue weighted by atomic mass is 16.3. The second-order valence-corrected chi connectivity index (χ2v) is 5.46. The first-order valence-corrected chi connectivity index (χ1v) is 7.50. The van der Waals surface area contributed by atoms with Gasteiger partial charge in [0.2, 0.25) is 11.9 Å². The van der Waals surface area contributed by atoms with Crippen molar-refractivity contribution >= 4 is 11.9 Å². The summed E-state index contributed by atoms with van der Waals surface area (Å²) < 4.78 is 1.69. The molecule has 1 atom stereocenters. The van der Waals surface area contributed by atoms with Gasteiger partial charge in [0, 0.05) is 18.7 Å². The van der Waals surface area contributed by atoms with E-state index in [1.54, 1.807) is 4.68 Å². The highest BCUT2D eigenvalue weighted by Gasteiger charge is 2.32. The van der Waals surface area contributed by atoms with Gasteiger partial charge in [-0.3, -0.25) is 4.79 Å². The molecular formula is C16H19N5O2. The number of rotatable bonds is 5. The lowest BCUT2D eigenvalue weighted by Gasteiger charge is -2.27. The lowest BCUT2D eigenvalue weighted by molar-refractivity contribution is -0.115. The molecule has 0 unspecified atom stereocenters. The third-order valence-electron chi connectivity index (χ3n) is 3.84. The number of hydrogen-bond donors (Lipinski definition) is 3. The number of nitrogens with zero attached hydrogens (tertiary/aromatic N) is 3. The Morgan fingerprint density at radius 1 is 1.39 bits per heavy atom. The quantitative estimate of drug-likeness (QED) is 0.763. The van der Waals surface area contributed by atoms with Crippen LogP contribution in [0, 0.1) is 0 Å². The van der Waals surface area contributed by atoms with Crippen LogP contribution in [0.1, 0.15) is 30.8 Å². The second-order valence-electron chi connectivity index (χ2n) is 5.46. The number of carbonyl (C=O) groups is 1. The van der Waals surface area contributed by atoms with E-state index >= 15 is 0 Å². The minimum atomic E-state index is -0.484. The van der Waals surface area contributed by atoms with Crippen molar-refractivity contribution in [2.45, 2.75) is 25.8 Å². The number of primary amides is 1. The summed E-state index contributed by atoms with van der Waals surface area (Å²) in [4.78, 5) is 16.4. The summed E-state index contributed by atoms with van der Waals surface area (Å²) in [7, 11) is 0. The molecule has 0 aliphatic carbocycles. The van der Waals surface area contributed by atoms with Gasteiger partial charge in [0.05, 0.1) is 5.57 Å². The third kappa shape index (κ3) is 2.83. The summed E-state index contributed by atoms with van der Waals surface area (Å²) in [5, 5.41) is 16.6.